The van der Waals surface area contributed by atoms with Crippen LogP contribution in [-0.2, 0) is 14.4 Å². The Morgan fingerprint density at radius 2 is 1.70 bits per heavy atom. The highest BCUT2D eigenvalue weighted by atomic mass is 16.6. The second-order valence-electron chi connectivity index (χ2n) is 3.74. The molecule has 1 aromatic carbocycles. The van der Waals surface area contributed by atoms with E-state index in [1.54, 1.807) is 0 Å². The van der Waals surface area contributed by atoms with Gasteiger partial charge in [0.05, 0.1) is 14.2 Å². The van der Waals surface area contributed by atoms with Crippen LogP contribution in [0.15, 0.2) is 16.1 Å². The van der Waals surface area contributed by atoms with Crippen LogP contribution in [0.2, 0.25) is 0 Å². The average Bonchev–Trinajstić information content (AvgIpc) is 2.39. The number of rotatable bonds is 3. The summed E-state index contributed by atoms with van der Waals surface area (Å²) >= 11 is 0. The summed E-state index contributed by atoms with van der Waals surface area (Å²) in [5.41, 5.74) is 0. The molecule has 0 aliphatic carbocycles. The van der Waals surface area contributed by atoms with Gasteiger partial charge in [-0.3, -0.25) is 14.4 Å². The molecule has 8 heteroatoms. The zero-order valence-electron chi connectivity index (χ0n) is 10.9. The summed E-state index contributed by atoms with van der Waals surface area (Å²) in [5.74, 6) is -2.51. The maximum Gasteiger partial charge on any atom is 0.338 e. The average molecular weight is 278 g/mol. The second-order valence-corrected chi connectivity index (χ2v) is 3.74. The SMILES string of the molecule is COc1cc2c(c(OC(C)=O)c1OC)=NC(=O)C(=O)N=2. The van der Waals surface area contributed by atoms with Crippen LogP contribution in [0, 0.1) is 0 Å². The fraction of sp³-hybridized carbons (Fsp3) is 0.250. The van der Waals surface area contributed by atoms with Crippen molar-refractivity contribution in [3.8, 4) is 17.2 Å². The first-order valence-corrected chi connectivity index (χ1v) is 5.47. The number of carbonyl (C=O) groups is 3. The third-order valence-electron chi connectivity index (χ3n) is 2.44. The minimum atomic E-state index is -1.04. The van der Waals surface area contributed by atoms with Gasteiger partial charge in [-0.1, -0.05) is 0 Å². The molecule has 0 N–H and O–H groups in total. The van der Waals surface area contributed by atoms with Crippen LogP contribution in [0.3, 0.4) is 0 Å². The Morgan fingerprint density at radius 1 is 1.05 bits per heavy atom. The number of hydrogen-bond acceptors (Lipinski definition) is 6. The Balaban J connectivity index is 2.88. The van der Waals surface area contributed by atoms with E-state index in [9.17, 15) is 14.4 Å². The lowest BCUT2D eigenvalue weighted by Crippen LogP contribution is -2.36. The summed E-state index contributed by atoms with van der Waals surface area (Å²) in [6, 6.07) is 1.37. The van der Waals surface area contributed by atoms with Gasteiger partial charge in [0, 0.05) is 13.0 Å². The molecule has 1 aliphatic heterocycles. The molecule has 1 aromatic rings. The van der Waals surface area contributed by atoms with Crippen molar-refractivity contribution in [3.05, 3.63) is 16.8 Å². The molecule has 1 heterocycles. The van der Waals surface area contributed by atoms with Gasteiger partial charge in [-0.25, -0.2) is 4.99 Å². The largest absolute Gasteiger partial charge is 0.493 e. The minimum absolute atomic E-state index is 0.0394. The predicted molar refractivity (Wildman–Crippen MR) is 63.2 cm³/mol. The molecule has 20 heavy (non-hydrogen) atoms. The molecule has 0 saturated carbocycles. The zero-order valence-corrected chi connectivity index (χ0v) is 10.9. The summed E-state index contributed by atoms with van der Waals surface area (Å²) in [6.45, 7) is 1.18. The van der Waals surface area contributed by atoms with E-state index in [2.05, 4.69) is 9.98 Å². The molecule has 0 fully saturated rings. The Bertz CT molecular complexity index is 737. The summed E-state index contributed by atoms with van der Waals surface area (Å²) in [5, 5.41) is 0.0333. The maximum atomic E-state index is 11.3. The van der Waals surface area contributed by atoms with Gasteiger partial charge in [-0.15, -0.1) is 0 Å². The van der Waals surface area contributed by atoms with Crippen LogP contribution in [0.4, 0.5) is 0 Å². The molecule has 0 spiro atoms. The van der Waals surface area contributed by atoms with E-state index >= 15 is 0 Å². The van der Waals surface area contributed by atoms with Gasteiger partial charge in [0.25, 0.3) is 0 Å². The van der Waals surface area contributed by atoms with E-state index < -0.39 is 17.8 Å². The lowest BCUT2D eigenvalue weighted by atomic mass is 10.2. The smallest absolute Gasteiger partial charge is 0.338 e. The van der Waals surface area contributed by atoms with Gasteiger partial charge in [-0.2, -0.15) is 4.99 Å². The number of carbonyl (C=O) groups excluding carboxylic acids is 3. The van der Waals surface area contributed by atoms with Crippen LogP contribution in [0.25, 0.3) is 0 Å². The highest BCUT2D eigenvalue weighted by Gasteiger charge is 2.23. The summed E-state index contributed by atoms with van der Waals surface area (Å²) in [4.78, 5) is 40.9. The maximum absolute atomic E-state index is 11.3. The molecule has 1 aliphatic rings. The van der Waals surface area contributed by atoms with Gasteiger partial charge < -0.3 is 14.2 Å². The van der Waals surface area contributed by atoms with E-state index in [1.807, 2.05) is 0 Å². The molecule has 2 rings (SSSR count). The summed E-state index contributed by atoms with van der Waals surface area (Å²) < 4.78 is 15.2. The van der Waals surface area contributed by atoms with Crippen LogP contribution in [0.5, 0.6) is 17.2 Å². The monoisotopic (exact) mass is 278 g/mol. The van der Waals surface area contributed by atoms with E-state index in [4.69, 9.17) is 14.2 Å². The Labute approximate surface area is 112 Å². The van der Waals surface area contributed by atoms with Gasteiger partial charge in [-0.05, 0) is 0 Å². The fourth-order valence-corrected chi connectivity index (χ4v) is 1.68. The molecule has 2 amide bonds. The Kier molecular flexibility index (Phi) is 3.47. The van der Waals surface area contributed by atoms with Crippen molar-refractivity contribution in [2.45, 2.75) is 6.92 Å². The first-order chi connectivity index (χ1) is 9.47. The third-order valence-corrected chi connectivity index (χ3v) is 2.44. The van der Waals surface area contributed by atoms with Crippen LogP contribution in [-0.4, -0.2) is 32.0 Å². The van der Waals surface area contributed by atoms with Crippen molar-refractivity contribution in [1.82, 2.24) is 0 Å². The highest BCUT2D eigenvalue weighted by molar-refractivity contribution is 6.36. The standard InChI is InChI=1S/C12H10N2O6/c1-5(15)20-10-8-6(13-11(16)12(17)14-8)4-7(18-2)9(10)19-3/h4H,1-3H3. The molecular weight excluding hydrogens is 268 g/mol. The zero-order chi connectivity index (χ0) is 14.9. The van der Waals surface area contributed by atoms with Crippen molar-refractivity contribution in [2.75, 3.05) is 14.2 Å². The van der Waals surface area contributed by atoms with Crippen LogP contribution < -0.4 is 24.9 Å². The quantitative estimate of drug-likeness (QED) is 0.396. The van der Waals surface area contributed by atoms with E-state index in [-0.39, 0.29) is 28.0 Å². The van der Waals surface area contributed by atoms with E-state index in [0.29, 0.717) is 0 Å². The van der Waals surface area contributed by atoms with Crippen LogP contribution >= 0.6 is 0 Å². The number of benzene rings is 1. The Morgan fingerprint density at radius 3 is 2.25 bits per heavy atom. The number of hydrogen-bond donors (Lipinski definition) is 0. The van der Waals surface area contributed by atoms with Crippen molar-refractivity contribution in [2.24, 2.45) is 9.98 Å². The van der Waals surface area contributed by atoms with Gasteiger partial charge in [0.2, 0.25) is 11.5 Å². The number of ether oxygens (including phenoxy) is 3. The highest BCUT2D eigenvalue weighted by Crippen LogP contribution is 2.32. The topological polar surface area (TPSA) is 104 Å². The molecule has 0 unspecified atom stereocenters. The number of amides is 2. The van der Waals surface area contributed by atoms with E-state index in [0.717, 1.165) is 0 Å². The van der Waals surface area contributed by atoms with Crippen LogP contribution in [0.1, 0.15) is 6.92 Å². The normalized spacial score (nSPS) is 12.9. The lowest BCUT2D eigenvalue weighted by Gasteiger charge is -2.13. The predicted octanol–water partition coefficient (Wildman–Crippen LogP) is -1.06. The molecule has 0 aromatic heterocycles. The molecule has 0 atom stereocenters. The minimum Gasteiger partial charge on any atom is -0.493 e. The number of nitrogens with zero attached hydrogens (tertiary/aromatic N) is 2. The number of esters is 1. The molecule has 0 saturated heterocycles. The molecule has 8 nitrogen and oxygen atoms in total. The molecule has 0 radical (unpaired) electrons. The Hall–Kier alpha value is -2.77. The van der Waals surface area contributed by atoms with Crippen molar-refractivity contribution >= 4 is 17.8 Å². The lowest BCUT2D eigenvalue weighted by molar-refractivity contribution is -0.135. The van der Waals surface area contributed by atoms with Gasteiger partial charge in [0.1, 0.15) is 10.7 Å². The second kappa shape index (κ2) is 5.08. The third kappa shape index (κ3) is 2.22. The molecule has 104 valence electrons. The number of methoxy groups -OCH3 is 2. The number of fused-ring (bicyclic) bond motifs is 1. The fourth-order valence-electron chi connectivity index (χ4n) is 1.68. The van der Waals surface area contributed by atoms with Crippen molar-refractivity contribution < 1.29 is 28.6 Å². The molecular formula is C12H10N2O6. The molecule has 0 bridgehead atoms. The van der Waals surface area contributed by atoms with Crippen molar-refractivity contribution in [3.63, 3.8) is 0 Å². The van der Waals surface area contributed by atoms with Gasteiger partial charge >= 0.3 is 17.8 Å². The van der Waals surface area contributed by atoms with Crippen molar-refractivity contribution in [1.29, 1.82) is 0 Å². The summed E-state index contributed by atoms with van der Waals surface area (Å²) in [6.07, 6.45) is 0. The summed E-state index contributed by atoms with van der Waals surface area (Å²) in [7, 11) is 2.71. The first kappa shape index (κ1) is 13.7. The van der Waals surface area contributed by atoms with Gasteiger partial charge in [0.15, 0.2) is 5.75 Å². The van der Waals surface area contributed by atoms with E-state index in [1.165, 1.54) is 27.2 Å². The first-order valence-electron chi connectivity index (χ1n) is 5.47.